The van der Waals surface area contributed by atoms with Crippen LogP contribution in [0.1, 0.15) is 24.6 Å². The lowest BCUT2D eigenvalue weighted by Gasteiger charge is -2.22. The SMILES string of the molecule is CCOC(=O)CCN(Cc1ccccn1)C(=O)Cc1ccc(F)cc1. The van der Waals surface area contributed by atoms with Crippen LogP contribution in [0, 0.1) is 5.82 Å². The van der Waals surface area contributed by atoms with Crippen LogP contribution in [0.2, 0.25) is 0 Å². The van der Waals surface area contributed by atoms with Gasteiger partial charge >= 0.3 is 5.97 Å². The van der Waals surface area contributed by atoms with Crippen molar-refractivity contribution in [2.75, 3.05) is 13.2 Å². The molecule has 0 N–H and O–H groups in total. The van der Waals surface area contributed by atoms with E-state index in [-0.39, 0.29) is 37.1 Å². The molecule has 25 heavy (non-hydrogen) atoms. The molecule has 0 saturated carbocycles. The molecule has 0 bridgehead atoms. The number of halogens is 1. The standard InChI is InChI=1S/C19H21FN2O3/c1-2-25-19(24)10-12-22(14-17-5-3-4-11-21-17)18(23)13-15-6-8-16(20)9-7-15/h3-9,11H,2,10,12-14H2,1H3. The van der Waals surface area contributed by atoms with Crippen molar-refractivity contribution in [1.82, 2.24) is 9.88 Å². The van der Waals surface area contributed by atoms with Crippen molar-refractivity contribution in [2.45, 2.75) is 26.3 Å². The molecule has 1 heterocycles. The smallest absolute Gasteiger partial charge is 0.307 e. The second-order valence-corrected chi connectivity index (χ2v) is 5.49. The highest BCUT2D eigenvalue weighted by Gasteiger charge is 2.17. The molecule has 0 unspecified atom stereocenters. The number of amides is 1. The van der Waals surface area contributed by atoms with Crippen molar-refractivity contribution in [3.8, 4) is 0 Å². The van der Waals surface area contributed by atoms with Gasteiger partial charge in [0.2, 0.25) is 5.91 Å². The zero-order valence-corrected chi connectivity index (χ0v) is 14.2. The summed E-state index contributed by atoms with van der Waals surface area (Å²) in [7, 11) is 0. The third kappa shape index (κ3) is 6.33. The Kier molecular flexibility index (Phi) is 7.07. The van der Waals surface area contributed by atoms with Crippen molar-refractivity contribution in [3.05, 3.63) is 65.7 Å². The number of nitrogens with zero attached hydrogens (tertiary/aromatic N) is 2. The van der Waals surface area contributed by atoms with Crippen LogP contribution in [-0.4, -0.2) is 34.9 Å². The highest BCUT2D eigenvalue weighted by Crippen LogP contribution is 2.09. The summed E-state index contributed by atoms with van der Waals surface area (Å²) in [5.74, 6) is -0.839. The summed E-state index contributed by atoms with van der Waals surface area (Å²) in [5, 5.41) is 0. The van der Waals surface area contributed by atoms with Crippen molar-refractivity contribution in [2.24, 2.45) is 0 Å². The van der Waals surface area contributed by atoms with Gasteiger partial charge in [-0.2, -0.15) is 0 Å². The van der Waals surface area contributed by atoms with E-state index in [1.165, 1.54) is 12.1 Å². The average molecular weight is 344 g/mol. The Morgan fingerprint density at radius 3 is 2.56 bits per heavy atom. The number of benzene rings is 1. The van der Waals surface area contributed by atoms with Gasteiger partial charge in [0, 0.05) is 12.7 Å². The molecule has 0 aliphatic rings. The van der Waals surface area contributed by atoms with Gasteiger partial charge in [-0.25, -0.2) is 4.39 Å². The van der Waals surface area contributed by atoms with Crippen LogP contribution in [0.3, 0.4) is 0 Å². The summed E-state index contributed by atoms with van der Waals surface area (Å²) < 4.78 is 17.9. The quantitative estimate of drug-likeness (QED) is 0.691. The molecule has 0 atom stereocenters. The highest BCUT2D eigenvalue weighted by molar-refractivity contribution is 5.79. The van der Waals surface area contributed by atoms with Gasteiger partial charge < -0.3 is 9.64 Å². The van der Waals surface area contributed by atoms with E-state index >= 15 is 0 Å². The second kappa shape index (κ2) is 9.52. The fraction of sp³-hybridized carbons (Fsp3) is 0.316. The molecule has 1 aromatic heterocycles. The maximum atomic E-state index is 13.0. The summed E-state index contributed by atoms with van der Waals surface area (Å²) in [6, 6.07) is 11.3. The minimum atomic E-state index is -0.344. The van der Waals surface area contributed by atoms with E-state index in [9.17, 15) is 14.0 Å². The van der Waals surface area contributed by atoms with Crippen LogP contribution in [-0.2, 0) is 27.3 Å². The molecule has 1 aromatic carbocycles. The first kappa shape index (κ1) is 18.6. The second-order valence-electron chi connectivity index (χ2n) is 5.49. The van der Waals surface area contributed by atoms with E-state index < -0.39 is 0 Å². The van der Waals surface area contributed by atoms with Crippen molar-refractivity contribution in [3.63, 3.8) is 0 Å². The summed E-state index contributed by atoms with van der Waals surface area (Å²) in [6.45, 7) is 2.60. The summed E-state index contributed by atoms with van der Waals surface area (Å²) >= 11 is 0. The third-order valence-electron chi connectivity index (χ3n) is 3.59. The maximum absolute atomic E-state index is 13.0. The van der Waals surface area contributed by atoms with Crippen LogP contribution < -0.4 is 0 Å². The van der Waals surface area contributed by atoms with Crippen LogP contribution in [0.5, 0.6) is 0 Å². The molecular weight excluding hydrogens is 323 g/mol. The Bertz CT molecular complexity index is 690. The largest absolute Gasteiger partial charge is 0.466 e. The maximum Gasteiger partial charge on any atom is 0.307 e. The zero-order valence-electron chi connectivity index (χ0n) is 14.2. The Labute approximate surface area is 146 Å². The van der Waals surface area contributed by atoms with Gasteiger partial charge in [0.1, 0.15) is 5.82 Å². The molecule has 2 aromatic rings. The third-order valence-corrected chi connectivity index (χ3v) is 3.59. The average Bonchev–Trinajstić information content (AvgIpc) is 2.61. The number of hydrogen-bond donors (Lipinski definition) is 0. The Hall–Kier alpha value is -2.76. The topological polar surface area (TPSA) is 59.5 Å². The minimum Gasteiger partial charge on any atom is -0.466 e. The first-order chi connectivity index (χ1) is 12.1. The molecular formula is C19H21FN2O3. The number of rotatable bonds is 8. The molecule has 1 amide bonds. The molecule has 2 rings (SSSR count). The monoisotopic (exact) mass is 344 g/mol. The normalized spacial score (nSPS) is 10.3. The molecule has 0 aliphatic carbocycles. The lowest BCUT2D eigenvalue weighted by Crippen LogP contribution is -2.34. The van der Waals surface area contributed by atoms with E-state index in [1.54, 1.807) is 36.2 Å². The lowest BCUT2D eigenvalue weighted by atomic mass is 10.1. The van der Waals surface area contributed by atoms with Crippen LogP contribution in [0.25, 0.3) is 0 Å². The van der Waals surface area contributed by atoms with E-state index in [2.05, 4.69) is 4.98 Å². The van der Waals surface area contributed by atoms with Gasteiger partial charge in [-0.3, -0.25) is 14.6 Å². The molecule has 0 aliphatic heterocycles. The van der Waals surface area contributed by atoms with E-state index in [1.807, 2.05) is 12.1 Å². The number of pyridine rings is 1. The highest BCUT2D eigenvalue weighted by atomic mass is 19.1. The number of ether oxygens (including phenoxy) is 1. The Balaban J connectivity index is 2.04. The molecule has 0 radical (unpaired) electrons. The first-order valence-electron chi connectivity index (χ1n) is 8.16. The Morgan fingerprint density at radius 2 is 1.92 bits per heavy atom. The van der Waals surface area contributed by atoms with Crippen LogP contribution in [0.15, 0.2) is 48.7 Å². The van der Waals surface area contributed by atoms with E-state index in [0.717, 1.165) is 5.69 Å². The van der Waals surface area contributed by atoms with Gasteiger partial charge in [-0.05, 0) is 36.8 Å². The van der Waals surface area contributed by atoms with Crippen molar-refractivity contribution >= 4 is 11.9 Å². The summed E-state index contributed by atoms with van der Waals surface area (Å²) in [5.41, 5.74) is 1.45. The Morgan fingerprint density at radius 1 is 1.16 bits per heavy atom. The number of esters is 1. The number of carbonyl (C=O) groups excluding carboxylic acids is 2. The van der Waals surface area contributed by atoms with E-state index in [4.69, 9.17) is 4.74 Å². The molecule has 6 heteroatoms. The van der Waals surface area contributed by atoms with Gasteiger partial charge in [0.25, 0.3) is 0 Å². The lowest BCUT2D eigenvalue weighted by molar-refractivity contribution is -0.144. The molecule has 0 spiro atoms. The van der Waals surface area contributed by atoms with Crippen LogP contribution in [0.4, 0.5) is 4.39 Å². The fourth-order valence-corrected chi connectivity index (χ4v) is 2.33. The number of carbonyl (C=O) groups is 2. The predicted octanol–water partition coefficient (Wildman–Crippen LogP) is 2.75. The fourth-order valence-electron chi connectivity index (χ4n) is 2.33. The molecule has 5 nitrogen and oxygen atoms in total. The van der Waals surface area contributed by atoms with Crippen LogP contribution >= 0.6 is 0 Å². The minimum absolute atomic E-state index is 0.121. The number of aromatic nitrogens is 1. The van der Waals surface area contributed by atoms with Crippen molar-refractivity contribution in [1.29, 1.82) is 0 Å². The summed E-state index contributed by atoms with van der Waals surface area (Å²) in [6.07, 6.45) is 1.91. The number of hydrogen-bond acceptors (Lipinski definition) is 4. The summed E-state index contributed by atoms with van der Waals surface area (Å²) in [4.78, 5) is 30.0. The van der Waals surface area contributed by atoms with E-state index in [0.29, 0.717) is 18.7 Å². The predicted molar refractivity (Wildman–Crippen MR) is 91.0 cm³/mol. The molecule has 0 fully saturated rings. The van der Waals surface area contributed by atoms with Gasteiger partial charge in [-0.1, -0.05) is 18.2 Å². The molecule has 0 saturated heterocycles. The van der Waals surface area contributed by atoms with Crippen molar-refractivity contribution < 1.29 is 18.7 Å². The zero-order chi connectivity index (χ0) is 18.1. The van der Waals surface area contributed by atoms with Gasteiger partial charge in [0.15, 0.2) is 0 Å². The molecule has 132 valence electrons. The first-order valence-corrected chi connectivity index (χ1v) is 8.16. The van der Waals surface area contributed by atoms with Gasteiger partial charge in [0.05, 0.1) is 31.7 Å². The van der Waals surface area contributed by atoms with Gasteiger partial charge in [-0.15, -0.1) is 0 Å².